The van der Waals surface area contributed by atoms with Gasteiger partial charge < -0.3 is 25.0 Å². The van der Waals surface area contributed by atoms with Crippen LogP contribution in [0.5, 0.6) is 11.5 Å². The van der Waals surface area contributed by atoms with Gasteiger partial charge in [0, 0.05) is 43.0 Å². The minimum atomic E-state index is -0.107. The van der Waals surface area contributed by atoms with E-state index in [0.29, 0.717) is 66.0 Å². The standard InChI is InChI=1S/C17H19N7O3S/c1-26-13-7-10-11(8-14(13)27-2)19-17(20-15(10)18)24-5-3-23(4-6-24)16(25)12-9-28-22-21-12/h7-9H,3-6H2,1-2H3,(H2,18,19,20). The van der Waals surface area contributed by atoms with Gasteiger partial charge in [-0.05, 0) is 17.6 Å². The average molecular weight is 401 g/mol. The summed E-state index contributed by atoms with van der Waals surface area (Å²) in [6.07, 6.45) is 0. The zero-order valence-corrected chi connectivity index (χ0v) is 16.3. The summed E-state index contributed by atoms with van der Waals surface area (Å²) >= 11 is 1.17. The summed E-state index contributed by atoms with van der Waals surface area (Å²) in [5.41, 5.74) is 7.22. The first-order valence-corrected chi connectivity index (χ1v) is 9.45. The number of piperazine rings is 1. The van der Waals surface area contributed by atoms with E-state index < -0.39 is 0 Å². The van der Waals surface area contributed by atoms with Crippen molar-refractivity contribution in [1.82, 2.24) is 24.5 Å². The Labute approximate surface area is 165 Å². The van der Waals surface area contributed by atoms with Crippen LogP contribution in [0, 0.1) is 0 Å². The molecule has 3 heterocycles. The zero-order valence-electron chi connectivity index (χ0n) is 15.5. The second kappa shape index (κ2) is 7.43. The van der Waals surface area contributed by atoms with Gasteiger partial charge in [0.1, 0.15) is 5.82 Å². The van der Waals surface area contributed by atoms with Gasteiger partial charge >= 0.3 is 0 Å². The number of aromatic nitrogens is 4. The molecule has 146 valence electrons. The maximum absolute atomic E-state index is 12.4. The smallest absolute Gasteiger partial charge is 0.275 e. The molecule has 0 radical (unpaired) electrons. The van der Waals surface area contributed by atoms with Gasteiger partial charge in [-0.2, -0.15) is 4.98 Å². The van der Waals surface area contributed by atoms with Crippen LogP contribution in [-0.2, 0) is 0 Å². The van der Waals surface area contributed by atoms with Gasteiger partial charge in [0.05, 0.1) is 19.7 Å². The summed E-state index contributed by atoms with van der Waals surface area (Å²) in [5, 5.41) is 6.20. The Morgan fingerprint density at radius 2 is 1.82 bits per heavy atom. The molecule has 0 spiro atoms. The Hall–Kier alpha value is -3.21. The number of hydrogen-bond acceptors (Lipinski definition) is 10. The molecule has 3 aromatic rings. The van der Waals surface area contributed by atoms with Gasteiger partial charge in [-0.1, -0.05) is 4.49 Å². The third-order valence-corrected chi connectivity index (χ3v) is 5.15. The molecule has 0 aliphatic carbocycles. The molecule has 0 bridgehead atoms. The number of rotatable bonds is 4. The van der Waals surface area contributed by atoms with E-state index in [9.17, 15) is 4.79 Å². The summed E-state index contributed by atoms with van der Waals surface area (Å²) < 4.78 is 14.4. The summed E-state index contributed by atoms with van der Waals surface area (Å²) in [7, 11) is 3.14. The largest absolute Gasteiger partial charge is 0.493 e. The number of benzene rings is 1. The van der Waals surface area contributed by atoms with Crippen LogP contribution in [0.3, 0.4) is 0 Å². The van der Waals surface area contributed by atoms with Crippen molar-refractivity contribution in [3.8, 4) is 11.5 Å². The number of hydrogen-bond donors (Lipinski definition) is 1. The van der Waals surface area contributed by atoms with Gasteiger partial charge in [-0.3, -0.25) is 4.79 Å². The highest BCUT2D eigenvalue weighted by molar-refractivity contribution is 7.03. The Bertz CT molecular complexity index is 1000. The van der Waals surface area contributed by atoms with Crippen molar-refractivity contribution in [2.24, 2.45) is 0 Å². The van der Waals surface area contributed by atoms with Gasteiger partial charge in [-0.15, -0.1) is 5.10 Å². The third-order valence-electron chi connectivity index (χ3n) is 4.65. The van der Waals surface area contributed by atoms with Crippen molar-refractivity contribution >= 4 is 40.1 Å². The number of carbonyl (C=O) groups excluding carboxylic acids is 1. The van der Waals surface area contributed by atoms with E-state index in [-0.39, 0.29) is 5.91 Å². The first-order valence-electron chi connectivity index (χ1n) is 8.61. The molecule has 1 amide bonds. The molecule has 11 heteroatoms. The van der Waals surface area contributed by atoms with E-state index in [1.807, 2.05) is 4.90 Å². The highest BCUT2D eigenvalue weighted by Gasteiger charge is 2.25. The van der Waals surface area contributed by atoms with Crippen LogP contribution in [0.4, 0.5) is 11.8 Å². The number of nitrogens with two attached hydrogens (primary N) is 1. The molecular formula is C17H19N7O3S. The van der Waals surface area contributed by atoms with Crippen molar-refractivity contribution < 1.29 is 14.3 Å². The molecule has 0 saturated carbocycles. The SMILES string of the molecule is COc1cc2nc(N3CCN(C(=O)c4csnn4)CC3)nc(N)c2cc1OC. The number of carbonyl (C=O) groups is 1. The van der Waals surface area contributed by atoms with Crippen molar-refractivity contribution in [3.05, 3.63) is 23.2 Å². The molecule has 1 aliphatic heterocycles. The summed E-state index contributed by atoms with van der Waals surface area (Å²) in [4.78, 5) is 25.2. The van der Waals surface area contributed by atoms with Crippen LogP contribution < -0.4 is 20.1 Å². The number of amides is 1. The molecule has 4 rings (SSSR count). The quantitative estimate of drug-likeness (QED) is 0.684. The predicted octanol–water partition coefficient (Wildman–Crippen LogP) is 1.04. The molecule has 2 aromatic heterocycles. The van der Waals surface area contributed by atoms with E-state index in [0.717, 1.165) is 0 Å². The number of fused-ring (bicyclic) bond motifs is 1. The maximum Gasteiger partial charge on any atom is 0.275 e. The van der Waals surface area contributed by atoms with E-state index in [2.05, 4.69) is 19.6 Å². The number of ether oxygens (including phenoxy) is 2. The Morgan fingerprint density at radius 1 is 1.11 bits per heavy atom. The summed E-state index contributed by atoms with van der Waals surface area (Å²) in [6, 6.07) is 3.55. The van der Waals surface area contributed by atoms with Crippen molar-refractivity contribution in [3.63, 3.8) is 0 Å². The lowest BCUT2D eigenvalue weighted by Gasteiger charge is -2.34. The number of nitrogen functional groups attached to an aromatic ring is 1. The first-order chi connectivity index (χ1) is 13.6. The number of nitrogens with zero attached hydrogens (tertiary/aromatic N) is 6. The predicted molar refractivity (Wildman–Crippen MR) is 105 cm³/mol. The Balaban J connectivity index is 1.56. The second-order valence-electron chi connectivity index (χ2n) is 6.20. The highest BCUT2D eigenvalue weighted by Crippen LogP contribution is 2.34. The summed E-state index contributed by atoms with van der Waals surface area (Å²) in [6.45, 7) is 2.29. The fourth-order valence-electron chi connectivity index (χ4n) is 3.14. The second-order valence-corrected chi connectivity index (χ2v) is 6.81. The minimum absolute atomic E-state index is 0.107. The lowest BCUT2D eigenvalue weighted by Crippen LogP contribution is -2.49. The molecule has 0 unspecified atom stereocenters. The van der Waals surface area contributed by atoms with Crippen molar-refractivity contribution in [2.45, 2.75) is 0 Å². The molecule has 1 fully saturated rings. The van der Waals surface area contributed by atoms with Crippen LogP contribution in [0.25, 0.3) is 10.9 Å². The first kappa shape index (κ1) is 18.2. The fourth-order valence-corrected chi connectivity index (χ4v) is 3.57. The molecule has 1 aromatic carbocycles. The maximum atomic E-state index is 12.4. The van der Waals surface area contributed by atoms with E-state index in [1.165, 1.54) is 11.5 Å². The molecular weight excluding hydrogens is 382 g/mol. The van der Waals surface area contributed by atoms with E-state index in [1.54, 1.807) is 36.6 Å². The number of anilines is 2. The lowest BCUT2D eigenvalue weighted by atomic mass is 10.2. The van der Waals surface area contributed by atoms with Crippen molar-refractivity contribution in [2.75, 3.05) is 51.0 Å². The Kier molecular flexibility index (Phi) is 4.82. The van der Waals surface area contributed by atoms with Gasteiger partial charge in [0.15, 0.2) is 17.2 Å². The molecule has 2 N–H and O–H groups in total. The lowest BCUT2D eigenvalue weighted by molar-refractivity contribution is 0.0740. The van der Waals surface area contributed by atoms with Gasteiger partial charge in [0.25, 0.3) is 5.91 Å². The fraction of sp³-hybridized carbons (Fsp3) is 0.353. The highest BCUT2D eigenvalue weighted by atomic mass is 32.1. The van der Waals surface area contributed by atoms with E-state index in [4.69, 9.17) is 15.2 Å². The molecule has 10 nitrogen and oxygen atoms in total. The van der Waals surface area contributed by atoms with Crippen LogP contribution in [0.15, 0.2) is 17.5 Å². The van der Waals surface area contributed by atoms with Crippen LogP contribution in [0.1, 0.15) is 10.5 Å². The van der Waals surface area contributed by atoms with Crippen LogP contribution >= 0.6 is 11.5 Å². The van der Waals surface area contributed by atoms with Crippen LogP contribution in [0.2, 0.25) is 0 Å². The van der Waals surface area contributed by atoms with Gasteiger partial charge in [-0.25, -0.2) is 4.98 Å². The van der Waals surface area contributed by atoms with Crippen molar-refractivity contribution in [1.29, 1.82) is 0 Å². The monoisotopic (exact) mass is 401 g/mol. The molecule has 1 saturated heterocycles. The minimum Gasteiger partial charge on any atom is -0.493 e. The average Bonchev–Trinajstić information content (AvgIpc) is 3.27. The van der Waals surface area contributed by atoms with Gasteiger partial charge in [0.2, 0.25) is 5.95 Å². The van der Waals surface area contributed by atoms with E-state index >= 15 is 0 Å². The molecule has 28 heavy (non-hydrogen) atoms. The van der Waals surface area contributed by atoms with Crippen LogP contribution in [-0.4, -0.2) is 70.8 Å². The zero-order chi connectivity index (χ0) is 19.7. The third kappa shape index (κ3) is 3.24. The molecule has 0 atom stereocenters. The Morgan fingerprint density at radius 3 is 2.46 bits per heavy atom. The topological polar surface area (TPSA) is 120 Å². The normalized spacial score (nSPS) is 14.4. The number of methoxy groups -OCH3 is 2. The molecule has 1 aliphatic rings. The summed E-state index contributed by atoms with van der Waals surface area (Å²) in [5.74, 6) is 1.94.